The molecule has 1 aromatic rings. The van der Waals surface area contributed by atoms with Crippen LogP contribution in [0.3, 0.4) is 0 Å². The van der Waals surface area contributed by atoms with E-state index in [0.717, 1.165) is 11.6 Å². The SMILES string of the molecule is C=Cc1ccc(C[Si](OC)(O[Si](C)(C)C)O[Si](C)(C)C)cc1. The van der Waals surface area contributed by atoms with Crippen molar-refractivity contribution in [2.75, 3.05) is 7.11 Å². The predicted octanol–water partition coefficient (Wildman–Crippen LogP) is 4.70. The Balaban J connectivity index is 3.08. The Hall–Kier alpha value is -0.509. The van der Waals surface area contributed by atoms with E-state index in [4.69, 9.17) is 12.7 Å². The van der Waals surface area contributed by atoms with Crippen LogP contribution in [-0.2, 0) is 18.7 Å². The Morgan fingerprint density at radius 2 is 1.36 bits per heavy atom. The minimum atomic E-state index is -2.71. The first-order chi connectivity index (χ1) is 9.99. The molecule has 0 spiro atoms. The van der Waals surface area contributed by atoms with Crippen LogP contribution in [0.5, 0.6) is 0 Å². The first-order valence-corrected chi connectivity index (χ1v) is 16.4. The van der Waals surface area contributed by atoms with E-state index in [1.807, 2.05) is 6.08 Å². The summed E-state index contributed by atoms with van der Waals surface area (Å²) in [4.78, 5) is 0. The fourth-order valence-corrected chi connectivity index (χ4v) is 12.3. The molecule has 0 heterocycles. The van der Waals surface area contributed by atoms with Crippen LogP contribution in [0.15, 0.2) is 30.8 Å². The first-order valence-electron chi connectivity index (χ1n) is 7.65. The van der Waals surface area contributed by atoms with Gasteiger partial charge in [-0.3, -0.25) is 0 Å². The smallest absolute Gasteiger partial charge is 0.416 e. The molecule has 124 valence electrons. The number of hydrogen-bond donors (Lipinski definition) is 0. The van der Waals surface area contributed by atoms with Crippen molar-refractivity contribution in [3.8, 4) is 0 Å². The lowest BCUT2D eigenvalue weighted by atomic mass is 10.1. The zero-order valence-corrected chi connectivity index (χ0v) is 18.0. The Labute approximate surface area is 138 Å². The lowest BCUT2D eigenvalue weighted by Crippen LogP contribution is -2.58. The molecular formula is C16H30O3Si3. The summed E-state index contributed by atoms with van der Waals surface area (Å²) in [7, 11) is -4.52. The van der Waals surface area contributed by atoms with Crippen molar-refractivity contribution in [3.63, 3.8) is 0 Å². The lowest BCUT2D eigenvalue weighted by molar-refractivity contribution is 0.198. The zero-order chi connectivity index (χ0) is 17.0. The average Bonchev–Trinajstić information content (AvgIpc) is 2.35. The molecule has 6 heteroatoms. The van der Waals surface area contributed by atoms with Gasteiger partial charge in [0.25, 0.3) is 0 Å². The molecule has 0 amide bonds. The van der Waals surface area contributed by atoms with Crippen molar-refractivity contribution in [2.45, 2.75) is 45.3 Å². The number of hydrogen-bond acceptors (Lipinski definition) is 3. The Morgan fingerprint density at radius 3 is 1.68 bits per heavy atom. The maximum atomic E-state index is 6.46. The third kappa shape index (κ3) is 6.72. The van der Waals surface area contributed by atoms with Gasteiger partial charge in [0, 0.05) is 13.2 Å². The highest BCUT2D eigenvalue weighted by Crippen LogP contribution is 2.25. The second-order valence-electron chi connectivity index (χ2n) is 7.44. The van der Waals surface area contributed by atoms with Crippen molar-refractivity contribution < 1.29 is 12.7 Å². The third-order valence-electron chi connectivity index (χ3n) is 2.87. The summed E-state index contributed by atoms with van der Waals surface area (Å²) in [5.74, 6) is 0. The van der Waals surface area contributed by atoms with E-state index in [-0.39, 0.29) is 0 Å². The Kier molecular flexibility index (Phi) is 6.55. The van der Waals surface area contributed by atoms with E-state index in [0.29, 0.717) is 0 Å². The van der Waals surface area contributed by atoms with E-state index in [2.05, 4.69) is 70.1 Å². The van der Waals surface area contributed by atoms with E-state index in [1.165, 1.54) is 5.56 Å². The quantitative estimate of drug-likeness (QED) is 0.633. The van der Waals surface area contributed by atoms with Crippen LogP contribution in [0, 0.1) is 0 Å². The molecule has 22 heavy (non-hydrogen) atoms. The van der Waals surface area contributed by atoms with Crippen molar-refractivity contribution in [1.82, 2.24) is 0 Å². The molecule has 0 saturated heterocycles. The largest absolute Gasteiger partial charge is 0.484 e. The molecule has 0 N–H and O–H groups in total. The van der Waals surface area contributed by atoms with Crippen LogP contribution in [0.4, 0.5) is 0 Å². The minimum absolute atomic E-state index is 0.718. The highest BCUT2D eigenvalue weighted by molar-refractivity contribution is 6.85. The molecule has 0 aliphatic rings. The van der Waals surface area contributed by atoms with Gasteiger partial charge in [-0.15, -0.1) is 0 Å². The van der Waals surface area contributed by atoms with Gasteiger partial charge in [0.1, 0.15) is 0 Å². The van der Waals surface area contributed by atoms with Gasteiger partial charge in [0.15, 0.2) is 16.6 Å². The van der Waals surface area contributed by atoms with Crippen molar-refractivity contribution in [1.29, 1.82) is 0 Å². The Morgan fingerprint density at radius 1 is 0.909 bits per heavy atom. The maximum absolute atomic E-state index is 6.46. The van der Waals surface area contributed by atoms with Gasteiger partial charge in [0.05, 0.1) is 0 Å². The van der Waals surface area contributed by atoms with Gasteiger partial charge >= 0.3 is 8.80 Å². The molecule has 0 aliphatic carbocycles. The molecule has 0 fully saturated rings. The summed E-state index contributed by atoms with van der Waals surface area (Å²) in [6.07, 6.45) is 1.85. The molecule has 0 atom stereocenters. The number of benzene rings is 1. The zero-order valence-electron chi connectivity index (χ0n) is 15.0. The summed E-state index contributed by atoms with van der Waals surface area (Å²) in [5.41, 5.74) is 2.31. The average molecular weight is 355 g/mol. The van der Waals surface area contributed by atoms with Gasteiger partial charge in [-0.1, -0.05) is 36.9 Å². The Bertz CT molecular complexity index is 471. The van der Waals surface area contributed by atoms with Gasteiger partial charge in [-0.25, -0.2) is 0 Å². The van der Waals surface area contributed by atoms with Gasteiger partial charge in [-0.05, 0) is 50.4 Å². The van der Waals surface area contributed by atoms with E-state index >= 15 is 0 Å². The number of rotatable bonds is 8. The molecule has 0 unspecified atom stereocenters. The second kappa shape index (κ2) is 7.37. The van der Waals surface area contributed by atoms with Crippen LogP contribution in [0.1, 0.15) is 11.1 Å². The van der Waals surface area contributed by atoms with E-state index in [1.54, 1.807) is 7.11 Å². The van der Waals surface area contributed by atoms with Crippen LogP contribution in [0.25, 0.3) is 6.08 Å². The van der Waals surface area contributed by atoms with Crippen LogP contribution < -0.4 is 0 Å². The maximum Gasteiger partial charge on any atom is 0.484 e. The standard InChI is InChI=1S/C16H30O3Si3/c1-9-15-10-12-16(13-11-15)14-22(17-2,18-20(3,4)5)19-21(6,7)8/h9-13H,1,14H2,2-8H3. The van der Waals surface area contributed by atoms with E-state index < -0.39 is 25.4 Å². The fourth-order valence-electron chi connectivity index (χ4n) is 2.20. The van der Waals surface area contributed by atoms with Crippen molar-refractivity contribution in [3.05, 3.63) is 42.0 Å². The van der Waals surface area contributed by atoms with Crippen molar-refractivity contribution >= 4 is 31.5 Å². The predicted molar refractivity (Wildman–Crippen MR) is 102 cm³/mol. The topological polar surface area (TPSA) is 27.7 Å². The molecule has 3 nitrogen and oxygen atoms in total. The van der Waals surface area contributed by atoms with Crippen LogP contribution in [0.2, 0.25) is 39.3 Å². The summed E-state index contributed by atoms with van der Waals surface area (Å²) < 4.78 is 18.8. The first kappa shape index (κ1) is 19.5. The third-order valence-corrected chi connectivity index (χ3v) is 11.7. The second-order valence-corrected chi connectivity index (χ2v) is 19.6. The monoisotopic (exact) mass is 354 g/mol. The normalized spacial score (nSPS) is 13.2. The van der Waals surface area contributed by atoms with Crippen LogP contribution in [-0.4, -0.2) is 32.5 Å². The molecule has 0 radical (unpaired) electrons. The summed E-state index contributed by atoms with van der Waals surface area (Å²) in [6.45, 7) is 16.9. The molecule has 1 rings (SSSR count). The highest BCUT2D eigenvalue weighted by Gasteiger charge is 2.46. The summed E-state index contributed by atoms with van der Waals surface area (Å²) in [6, 6.07) is 9.08. The molecular weight excluding hydrogens is 324 g/mol. The molecule has 0 aromatic heterocycles. The highest BCUT2D eigenvalue weighted by atomic mass is 28.5. The van der Waals surface area contributed by atoms with E-state index in [9.17, 15) is 0 Å². The van der Waals surface area contributed by atoms with Gasteiger partial charge < -0.3 is 12.7 Å². The summed E-state index contributed by atoms with van der Waals surface area (Å²) in [5, 5.41) is 0. The minimum Gasteiger partial charge on any atom is -0.416 e. The molecule has 0 saturated carbocycles. The van der Waals surface area contributed by atoms with Crippen molar-refractivity contribution in [2.24, 2.45) is 0 Å². The molecule has 0 aliphatic heterocycles. The molecule has 1 aromatic carbocycles. The lowest BCUT2D eigenvalue weighted by Gasteiger charge is -2.38. The van der Waals surface area contributed by atoms with Gasteiger partial charge in [0.2, 0.25) is 0 Å². The molecule has 0 bridgehead atoms. The van der Waals surface area contributed by atoms with Crippen LogP contribution >= 0.6 is 0 Å². The summed E-state index contributed by atoms with van der Waals surface area (Å²) >= 11 is 0. The fraction of sp³-hybridized carbons (Fsp3) is 0.500. The van der Waals surface area contributed by atoms with Gasteiger partial charge in [-0.2, -0.15) is 0 Å².